The standard InChI is InChI=1S/C14H17F2N3O/c1-9(2)19-14(17-8-18-19)7-10(20)6-11-12(15)4-3-5-13(11)16/h3-5,8-10,20H,6-7H2,1-2H3. The molecule has 108 valence electrons. The molecule has 0 radical (unpaired) electrons. The van der Waals surface area contributed by atoms with E-state index < -0.39 is 17.7 Å². The Hall–Kier alpha value is -1.82. The molecule has 0 bridgehead atoms. The molecule has 0 saturated heterocycles. The van der Waals surface area contributed by atoms with Crippen LogP contribution >= 0.6 is 0 Å². The number of aromatic nitrogens is 3. The molecule has 1 unspecified atom stereocenters. The number of benzene rings is 1. The zero-order valence-electron chi connectivity index (χ0n) is 11.4. The maximum atomic E-state index is 13.5. The first-order valence-corrected chi connectivity index (χ1v) is 6.48. The summed E-state index contributed by atoms with van der Waals surface area (Å²) in [6.07, 6.45) is 0.601. The third-order valence-corrected chi connectivity index (χ3v) is 3.06. The van der Waals surface area contributed by atoms with Gasteiger partial charge in [-0.3, -0.25) is 0 Å². The molecule has 1 aromatic carbocycles. The first-order chi connectivity index (χ1) is 9.49. The summed E-state index contributed by atoms with van der Waals surface area (Å²) in [6, 6.07) is 3.78. The summed E-state index contributed by atoms with van der Waals surface area (Å²) in [5.74, 6) is -0.687. The maximum absolute atomic E-state index is 13.5. The van der Waals surface area contributed by atoms with Gasteiger partial charge in [-0.25, -0.2) is 18.4 Å². The first kappa shape index (κ1) is 14.6. The highest BCUT2D eigenvalue weighted by Gasteiger charge is 2.17. The summed E-state index contributed by atoms with van der Waals surface area (Å²) in [5, 5.41) is 14.1. The van der Waals surface area contributed by atoms with E-state index in [1.807, 2.05) is 13.8 Å². The highest BCUT2D eigenvalue weighted by molar-refractivity contribution is 5.20. The Kier molecular flexibility index (Phi) is 4.44. The van der Waals surface area contributed by atoms with Crippen LogP contribution in [0.5, 0.6) is 0 Å². The molecule has 4 nitrogen and oxygen atoms in total. The van der Waals surface area contributed by atoms with Crippen molar-refractivity contribution < 1.29 is 13.9 Å². The lowest BCUT2D eigenvalue weighted by Gasteiger charge is -2.14. The topological polar surface area (TPSA) is 50.9 Å². The van der Waals surface area contributed by atoms with Gasteiger partial charge in [0.15, 0.2) is 0 Å². The number of hydrogen-bond acceptors (Lipinski definition) is 3. The minimum absolute atomic E-state index is 0.0938. The van der Waals surface area contributed by atoms with Crippen LogP contribution in [-0.2, 0) is 12.8 Å². The van der Waals surface area contributed by atoms with Gasteiger partial charge in [0.25, 0.3) is 0 Å². The lowest BCUT2D eigenvalue weighted by molar-refractivity contribution is 0.168. The van der Waals surface area contributed by atoms with Gasteiger partial charge in [0.05, 0.1) is 6.10 Å². The van der Waals surface area contributed by atoms with Crippen LogP contribution in [0.1, 0.15) is 31.3 Å². The largest absolute Gasteiger partial charge is 0.392 e. The molecule has 1 atom stereocenters. The Balaban J connectivity index is 2.09. The normalized spacial score (nSPS) is 12.9. The molecule has 2 aromatic rings. The smallest absolute Gasteiger partial charge is 0.138 e. The molecule has 0 amide bonds. The van der Waals surface area contributed by atoms with E-state index in [-0.39, 0.29) is 24.4 Å². The fourth-order valence-electron chi connectivity index (χ4n) is 2.10. The maximum Gasteiger partial charge on any atom is 0.138 e. The molecule has 1 N–H and O–H groups in total. The molecule has 0 spiro atoms. The third-order valence-electron chi connectivity index (χ3n) is 3.06. The lowest BCUT2D eigenvalue weighted by Crippen LogP contribution is -2.20. The van der Waals surface area contributed by atoms with Gasteiger partial charge in [0.2, 0.25) is 0 Å². The zero-order chi connectivity index (χ0) is 14.7. The van der Waals surface area contributed by atoms with Crippen molar-refractivity contribution >= 4 is 0 Å². The molecule has 2 rings (SSSR count). The van der Waals surface area contributed by atoms with Crippen molar-refractivity contribution in [3.05, 3.63) is 47.5 Å². The van der Waals surface area contributed by atoms with E-state index in [1.54, 1.807) is 4.68 Å². The van der Waals surface area contributed by atoms with Crippen molar-refractivity contribution in [3.8, 4) is 0 Å². The molecule has 1 aromatic heterocycles. The molecule has 0 aliphatic heterocycles. The number of halogens is 2. The van der Waals surface area contributed by atoms with E-state index >= 15 is 0 Å². The minimum Gasteiger partial charge on any atom is -0.392 e. The van der Waals surface area contributed by atoms with E-state index in [0.29, 0.717) is 5.82 Å². The fourth-order valence-corrected chi connectivity index (χ4v) is 2.10. The van der Waals surface area contributed by atoms with Gasteiger partial charge >= 0.3 is 0 Å². The van der Waals surface area contributed by atoms with Crippen LogP contribution in [0.25, 0.3) is 0 Å². The summed E-state index contributed by atoms with van der Waals surface area (Å²) >= 11 is 0. The number of aliphatic hydroxyl groups is 1. The predicted octanol–water partition coefficient (Wildman–Crippen LogP) is 2.28. The molecule has 20 heavy (non-hydrogen) atoms. The summed E-state index contributed by atoms with van der Waals surface area (Å²) in [5.41, 5.74) is -0.101. The molecule has 0 aliphatic carbocycles. The summed E-state index contributed by atoms with van der Waals surface area (Å²) in [7, 11) is 0. The summed E-state index contributed by atoms with van der Waals surface area (Å²) in [4.78, 5) is 4.07. The average Bonchev–Trinajstić information content (AvgIpc) is 2.82. The fraction of sp³-hybridized carbons (Fsp3) is 0.429. The average molecular weight is 281 g/mol. The Morgan fingerprint density at radius 2 is 1.85 bits per heavy atom. The van der Waals surface area contributed by atoms with Crippen molar-refractivity contribution in [1.29, 1.82) is 0 Å². The molecule has 0 saturated carbocycles. The van der Waals surface area contributed by atoms with Crippen LogP contribution in [0, 0.1) is 11.6 Å². The van der Waals surface area contributed by atoms with Crippen LogP contribution in [0.2, 0.25) is 0 Å². The second-order valence-corrected chi connectivity index (χ2v) is 4.98. The number of nitrogens with zero attached hydrogens (tertiary/aromatic N) is 3. The molecule has 0 aliphatic rings. The van der Waals surface area contributed by atoms with Gasteiger partial charge in [-0.15, -0.1) is 0 Å². The zero-order valence-corrected chi connectivity index (χ0v) is 11.4. The van der Waals surface area contributed by atoms with Gasteiger partial charge in [-0.1, -0.05) is 6.07 Å². The van der Waals surface area contributed by atoms with Crippen LogP contribution in [0.3, 0.4) is 0 Å². The molecular weight excluding hydrogens is 264 g/mol. The SMILES string of the molecule is CC(C)n1ncnc1CC(O)Cc1c(F)cccc1F. The van der Waals surface area contributed by atoms with E-state index in [1.165, 1.54) is 24.5 Å². The lowest BCUT2D eigenvalue weighted by atomic mass is 10.0. The number of hydrogen-bond donors (Lipinski definition) is 1. The summed E-state index contributed by atoms with van der Waals surface area (Å²) < 4.78 is 28.7. The van der Waals surface area contributed by atoms with Gasteiger partial charge in [0, 0.05) is 24.4 Å². The second-order valence-electron chi connectivity index (χ2n) is 4.98. The molecular formula is C14H17F2N3O. The Bertz CT molecular complexity index is 563. The molecule has 6 heteroatoms. The Morgan fingerprint density at radius 1 is 1.20 bits per heavy atom. The van der Waals surface area contributed by atoms with E-state index in [9.17, 15) is 13.9 Å². The number of rotatable bonds is 5. The van der Waals surface area contributed by atoms with Crippen LogP contribution in [0.15, 0.2) is 24.5 Å². The van der Waals surface area contributed by atoms with Crippen LogP contribution in [0.4, 0.5) is 8.78 Å². The second kappa shape index (κ2) is 6.09. The highest BCUT2D eigenvalue weighted by Crippen LogP contribution is 2.16. The van der Waals surface area contributed by atoms with Crippen LogP contribution in [-0.4, -0.2) is 26.0 Å². The van der Waals surface area contributed by atoms with E-state index in [2.05, 4.69) is 10.1 Å². The van der Waals surface area contributed by atoms with Crippen molar-refractivity contribution in [2.45, 2.75) is 38.8 Å². The van der Waals surface area contributed by atoms with Crippen molar-refractivity contribution in [2.75, 3.05) is 0 Å². The van der Waals surface area contributed by atoms with Gasteiger partial charge in [-0.05, 0) is 26.0 Å². The van der Waals surface area contributed by atoms with E-state index in [4.69, 9.17) is 0 Å². The third kappa shape index (κ3) is 3.19. The van der Waals surface area contributed by atoms with Gasteiger partial charge in [-0.2, -0.15) is 5.10 Å². The molecule has 1 heterocycles. The Labute approximate surface area is 116 Å². The minimum atomic E-state index is -0.914. The monoisotopic (exact) mass is 281 g/mol. The first-order valence-electron chi connectivity index (χ1n) is 6.48. The Morgan fingerprint density at radius 3 is 2.45 bits per heavy atom. The number of aliphatic hydroxyl groups excluding tert-OH is 1. The highest BCUT2D eigenvalue weighted by atomic mass is 19.1. The van der Waals surface area contributed by atoms with E-state index in [0.717, 1.165) is 0 Å². The summed E-state index contributed by atoms with van der Waals surface area (Å²) in [6.45, 7) is 3.89. The quantitative estimate of drug-likeness (QED) is 0.914. The van der Waals surface area contributed by atoms with Gasteiger partial charge < -0.3 is 5.11 Å². The predicted molar refractivity (Wildman–Crippen MR) is 70.2 cm³/mol. The van der Waals surface area contributed by atoms with Crippen molar-refractivity contribution in [2.24, 2.45) is 0 Å². The van der Waals surface area contributed by atoms with Gasteiger partial charge in [0.1, 0.15) is 23.8 Å². The van der Waals surface area contributed by atoms with Crippen molar-refractivity contribution in [1.82, 2.24) is 14.8 Å². The molecule has 0 fully saturated rings. The van der Waals surface area contributed by atoms with Crippen LogP contribution < -0.4 is 0 Å². The van der Waals surface area contributed by atoms with Crippen molar-refractivity contribution in [3.63, 3.8) is 0 Å².